The predicted octanol–water partition coefficient (Wildman–Crippen LogP) is 5.65. The van der Waals surface area contributed by atoms with Crippen LogP contribution < -0.4 is 0 Å². The van der Waals surface area contributed by atoms with E-state index in [1.807, 2.05) is 32.0 Å². The first-order valence-corrected chi connectivity index (χ1v) is 6.61. The zero-order chi connectivity index (χ0) is 14.9. The monoisotopic (exact) mass is 298 g/mol. The SMILES string of the molecule is Cc1ccc(C)c(C(Cl)c2ccccc2C(F)(F)F)c1. The van der Waals surface area contributed by atoms with Crippen molar-refractivity contribution in [1.82, 2.24) is 0 Å². The Morgan fingerprint density at radius 3 is 2.25 bits per heavy atom. The zero-order valence-corrected chi connectivity index (χ0v) is 11.9. The van der Waals surface area contributed by atoms with Crippen molar-refractivity contribution in [2.75, 3.05) is 0 Å². The molecule has 0 aliphatic carbocycles. The van der Waals surface area contributed by atoms with Gasteiger partial charge in [-0.1, -0.05) is 42.0 Å². The number of benzene rings is 2. The van der Waals surface area contributed by atoms with Gasteiger partial charge in [0.2, 0.25) is 0 Å². The molecule has 1 atom stereocenters. The van der Waals surface area contributed by atoms with E-state index in [1.54, 1.807) is 6.07 Å². The normalized spacial score (nSPS) is 13.3. The summed E-state index contributed by atoms with van der Waals surface area (Å²) in [7, 11) is 0. The Kier molecular flexibility index (Phi) is 4.09. The molecular weight excluding hydrogens is 285 g/mol. The lowest BCUT2D eigenvalue weighted by Gasteiger charge is -2.19. The quantitative estimate of drug-likeness (QED) is 0.628. The van der Waals surface area contributed by atoms with Gasteiger partial charge in [-0.15, -0.1) is 11.6 Å². The summed E-state index contributed by atoms with van der Waals surface area (Å²) in [5.74, 6) is 0. The average Bonchev–Trinajstić information content (AvgIpc) is 2.40. The van der Waals surface area contributed by atoms with E-state index in [4.69, 9.17) is 11.6 Å². The molecule has 0 spiro atoms. The van der Waals surface area contributed by atoms with Crippen molar-refractivity contribution in [3.8, 4) is 0 Å². The third-order valence-electron chi connectivity index (χ3n) is 3.25. The Bertz CT molecular complexity index is 617. The molecule has 0 nitrogen and oxygen atoms in total. The second kappa shape index (κ2) is 5.49. The highest BCUT2D eigenvalue weighted by Gasteiger charge is 2.35. The maximum Gasteiger partial charge on any atom is 0.416 e. The molecule has 0 aromatic heterocycles. The van der Waals surface area contributed by atoms with E-state index in [9.17, 15) is 13.2 Å². The van der Waals surface area contributed by atoms with Crippen molar-refractivity contribution in [3.63, 3.8) is 0 Å². The summed E-state index contributed by atoms with van der Waals surface area (Å²) >= 11 is 6.32. The molecule has 0 fully saturated rings. The van der Waals surface area contributed by atoms with E-state index in [1.165, 1.54) is 12.1 Å². The standard InChI is InChI=1S/C16H14ClF3/c1-10-7-8-11(2)13(9-10)15(17)12-5-3-4-6-14(12)16(18,19)20/h3-9,15H,1-2H3. The number of hydrogen-bond acceptors (Lipinski definition) is 0. The van der Waals surface area contributed by atoms with Crippen molar-refractivity contribution in [3.05, 3.63) is 70.3 Å². The second-order valence-electron chi connectivity index (χ2n) is 4.81. The lowest BCUT2D eigenvalue weighted by molar-refractivity contribution is -0.138. The summed E-state index contributed by atoms with van der Waals surface area (Å²) in [6.45, 7) is 3.74. The second-order valence-corrected chi connectivity index (χ2v) is 5.24. The first-order valence-electron chi connectivity index (χ1n) is 6.18. The van der Waals surface area contributed by atoms with E-state index in [0.717, 1.165) is 17.2 Å². The minimum absolute atomic E-state index is 0.0929. The Labute approximate surface area is 121 Å². The fraction of sp³-hybridized carbons (Fsp3) is 0.250. The van der Waals surface area contributed by atoms with Crippen molar-refractivity contribution < 1.29 is 13.2 Å². The third-order valence-corrected chi connectivity index (χ3v) is 3.72. The van der Waals surface area contributed by atoms with Gasteiger partial charge in [-0.2, -0.15) is 13.2 Å². The van der Waals surface area contributed by atoms with Crippen LogP contribution in [0.15, 0.2) is 42.5 Å². The van der Waals surface area contributed by atoms with E-state index in [2.05, 4.69) is 0 Å². The number of alkyl halides is 4. The highest BCUT2D eigenvalue weighted by atomic mass is 35.5. The van der Waals surface area contributed by atoms with Crippen LogP contribution in [0.5, 0.6) is 0 Å². The lowest BCUT2D eigenvalue weighted by Crippen LogP contribution is -2.11. The zero-order valence-electron chi connectivity index (χ0n) is 11.1. The van der Waals surface area contributed by atoms with Crippen molar-refractivity contribution in [2.45, 2.75) is 25.4 Å². The molecule has 0 saturated heterocycles. The highest BCUT2D eigenvalue weighted by molar-refractivity contribution is 6.22. The Morgan fingerprint density at radius 2 is 1.60 bits per heavy atom. The Hall–Kier alpha value is -1.48. The fourth-order valence-electron chi connectivity index (χ4n) is 2.18. The van der Waals surface area contributed by atoms with E-state index in [0.29, 0.717) is 5.56 Å². The fourth-order valence-corrected chi connectivity index (χ4v) is 2.60. The first kappa shape index (κ1) is 14.9. The van der Waals surface area contributed by atoms with Gasteiger partial charge < -0.3 is 0 Å². The smallest absolute Gasteiger partial charge is 0.166 e. The summed E-state index contributed by atoms with van der Waals surface area (Å²) in [4.78, 5) is 0. The van der Waals surface area contributed by atoms with Gasteiger partial charge in [-0.25, -0.2) is 0 Å². The Morgan fingerprint density at radius 1 is 0.950 bits per heavy atom. The van der Waals surface area contributed by atoms with Crippen molar-refractivity contribution >= 4 is 11.6 Å². The van der Waals surface area contributed by atoms with Crippen LogP contribution in [0.4, 0.5) is 13.2 Å². The minimum Gasteiger partial charge on any atom is -0.166 e. The van der Waals surface area contributed by atoms with Crippen LogP contribution in [-0.4, -0.2) is 0 Å². The van der Waals surface area contributed by atoms with Gasteiger partial charge in [0.05, 0.1) is 10.9 Å². The van der Waals surface area contributed by atoms with Gasteiger partial charge in [-0.05, 0) is 36.6 Å². The van der Waals surface area contributed by atoms with Gasteiger partial charge >= 0.3 is 6.18 Å². The first-order chi connectivity index (χ1) is 9.30. The minimum atomic E-state index is -4.40. The molecule has 0 amide bonds. The van der Waals surface area contributed by atoms with Gasteiger partial charge in [0.1, 0.15) is 0 Å². The van der Waals surface area contributed by atoms with Crippen molar-refractivity contribution in [1.29, 1.82) is 0 Å². The van der Waals surface area contributed by atoms with E-state index < -0.39 is 17.1 Å². The summed E-state index contributed by atoms with van der Waals surface area (Å²) in [6, 6.07) is 11.1. The van der Waals surface area contributed by atoms with Crippen LogP contribution >= 0.6 is 11.6 Å². The molecule has 0 aliphatic rings. The van der Waals surface area contributed by atoms with Crippen LogP contribution in [-0.2, 0) is 6.18 Å². The molecule has 2 aromatic rings. The summed E-state index contributed by atoms with van der Waals surface area (Å²) in [6.07, 6.45) is -4.40. The number of halogens is 4. The predicted molar refractivity (Wildman–Crippen MR) is 75.1 cm³/mol. The van der Waals surface area contributed by atoms with Gasteiger partial charge in [0, 0.05) is 0 Å². The summed E-state index contributed by atoms with van der Waals surface area (Å²) < 4.78 is 39.1. The maximum absolute atomic E-state index is 13.0. The van der Waals surface area contributed by atoms with Gasteiger partial charge in [0.15, 0.2) is 0 Å². The molecule has 106 valence electrons. The molecular formula is C16H14ClF3. The molecule has 4 heteroatoms. The van der Waals surface area contributed by atoms with Crippen molar-refractivity contribution in [2.24, 2.45) is 0 Å². The third kappa shape index (κ3) is 2.98. The number of hydrogen-bond donors (Lipinski definition) is 0. The Balaban J connectivity index is 2.54. The molecule has 0 bridgehead atoms. The largest absolute Gasteiger partial charge is 0.416 e. The van der Waals surface area contributed by atoms with Gasteiger partial charge in [-0.3, -0.25) is 0 Å². The molecule has 1 unspecified atom stereocenters. The average molecular weight is 299 g/mol. The van der Waals surface area contributed by atoms with Crippen LogP contribution in [0.25, 0.3) is 0 Å². The number of rotatable bonds is 2. The molecule has 0 aliphatic heterocycles. The lowest BCUT2D eigenvalue weighted by atomic mass is 9.95. The number of aryl methyl sites for hydroxylation is 2. The van der Waals surface area contributed by atoms with Crippen LogP contribution in [0, 0.1) is 13.8 Å². The maximum atomic E-state index is 13.0. The van der Waals surface area contributed by atoms with E-state index >= 15 is 0 Å². The molecule has 2 rings (SSSR count). The van der Waals surface area contributed by atoms with Crippen LogP contribution in [0.1, 0.15) is 33.2 Å². The van der Waals surface area contributed by atoms with Crippen LogP contribution in [0.3, 0.4) is 0 Å². The summed E-state index contributed by atoms with van der Waals surface area (Å²) in [5.41, 5.74) is 1.98. The molecule has 20 heavy (non-hydrogen) atoms. The highest BCUT2D eigenvalue weighted by Crippen LogP contribution is 2.40. The van der Waals surface area contributed by atoms with E-state index in [-0.39, 0.29) is 5.56 Å². The molecule has 2 aromatic carbocycles. The molecule has 0 saturated carbocycles. The molecule has 0 radical (unpaired) electrons. The topological polar surface area (TPSA) is 0 Å². The van der Waals surface area contributed by atoms with Crippen LogP contribution in [0.2, 0.25) is 0 Å². The summed E-state index contributed by atoms with van der Waals surface area (Å²) in [5, 5.41) is -0.812. The molecule has 0 N–H and O–H groups in total. The molecule has 0 heterocycles. The van der Waals surface area contributed by atoms with Gasteiger partial charge in [0.25, 0.3) is 0 Å².